The van der Waals surface area contributed by atoms with Crippen molar-refractivity contribution < 1.29 is 15.0 Å². The first-order chi connectivity index (χ1) is 9.49. The molecule has 0 aromatic heterocycles. The van der Waals surface area contributed by atoms with Crippen molar-refractivity contribution >= 4 is 40.5 Å². The van der Waals surface area contributed by atoms with Gasteiger partial charge in [0.25, 0.3) is 0 Å². The number of carbonyl (C=O) groups is 1. The third-order valence-electron chi connectivity index (χ3n) is 2.41. The monoisotopic (exact) mass is 310 g/mol. The highest BCUT2D eigenvalue weighted by molar-refractivity contribution is 6.37. The van der Waals surface area contributed by atoms with Crippen LogP contribution in [0.4, 0.5) is 11.4 Å². The number of phenols is 1. The van der Waals surface area contributed by atoms with Crippen molar-refractivity contribution in [2.75, 3.05) is 0 Å². The van der Waals surface area contributed by atoms with E-state index in [1.165, 1.54) is 24.3 Å². The predicted octanol–water partition coefficient (Wildman–Crippen LogP) is 4.81. The van der Waals surface area contributed by atoms with Gasteiger partial charge in [0, 0.05) is 0 Å². The fourth-order valence-electron chi connectivity index (χ4n) is 1.46. The van der Waals surface area contributed by atoms with Crippen LogP contribution in [0.25, 0.3) is 0 Å². The van der Waals surface area contributed by atoms with Crippen molar-refractivity contribution in [2.24, 2.45) is 10.2 Å². The Balaban J connectivity index is 2.37. The lowest BCUT2D eigenvalue weighted by atomic mass is 10.2. The normalized spacial score (nSPS) is 10.9. The molecule has 0 aliphatic rings. The highest BCUT2D eigenvalue weighted by atomic mass is 35.5. The number of aromatic carboxylic acids is 1. The van der Waals surface area contributed by atoms with Crippen LogP contribution in [-0.4, -0.2) is 16.2 Å². The number of rotatable bonds is 3. The van der Waals surface area contributed by atoms with E-state index in [-0.39, 0.29) is 27.0 Å². The summed E-state index contributed by atoms with van der Waals surface area (Å²) in [7, 11) is 0. The third-order valence-corrected chi connectivity index (χ3v) is 2.99. The van der Waals surface area contributed by atoms with Gasteiger partial charge in [0.15, 0.2) is 5.75 Å². The second-order valence-electron chi connectivity index (χ2n) is 3.78. The van der Waals surface area contributed by atoms with Crippen molar-refractivity contribution in [3.63, 3.8) is 0 Å². The van der Waals surface area contributed by atoms with Crippen molar-refractivity contribution in [1.82, 2.24) is 0 Å². The summed E-state index contributed by atoms with van der Waals surface area (Å²) >= 11 is 11.5. The molecule has 2 rings (SSSR count). The van der Waals surface area contributed by atoms with E-state index in [2.05, 4.69) is 10.2 Å². The Kier molecular flexibility index (Phi) is 4.22. The van der Waals surface area contributed by atoms with Gasteiger partial charge in [-0.3, -0.25) is 0 Å². The lowest BCUT2D eigenvalue weighted by Gasteiger charge is -2.01. The van der Waals surface area contributed by atoms with Gasteiger partial charge in [-0.2, -0.15) is 5.11 Å². The quantitative estimate of drug-likeness (QED) is 0.798. The van der Waals surface area contributed by atoms with Crippen LogP contribution in [0.15, 0.2) is 46.6 Å². The Labute approximate surface area is 124 Å². The van der Waals surface area contributed by atoms with Crippen LogP contribution in [-0.2, 0) is 0 Å². The van der Waals surface area contributed by atoms with Crippen molar-refractivity contribution in [3.8, 4) is 5.75 Å². The van der Waals surface area contributed by atoms with E-state index in [9.17, 15) is 9.90 Å². The molecular weight excluding hydrogens is 303 g/mol. The van der Waals surface area contributed by atoms with Gasteiger partial charge in [-0.15, -0.1) is 5.11 Å². The maximum absolute atomic E-state index is 11.0. The Morgan fingerprint density at radius 3 is 2.25 bits per heavy atom. The van der Waals surface area contributed by atoms with Gasteiger partial charge in [0.1, 0.15) is 5.69 Å². The predicted molar refractivity (Wildman–Crippen MR) is 75.7 cm³/mol. The first kappa shape index (κ1) is 14.3. The fraction of sp³-hybridized carbons (Fsp3) is 0. The van der Waals surface area contributed by atoms with E-state index in [0.29, 0.717) is 5.69 Å². The van der Waals surface area contributed by atoms with Gasteiger partial charge in [0.05, 0.1) is 21.3 Å². The molecule has 0 fully saturated rings. The molecule has 5 nitrogen and oxygen atoms in total. The highest BCUT2D eigenvalue weighted by Gasteiger charge is 2.09. The average molecular weight is 311 g/mol. The van der Waals surface area contributed by atoms with Crippen molar-refractivity contribution in [2.45, 2.75) is 0 Å². The molecule has 0 unspecified atom stereocenters. The lowest BCUT2D eigenvalue weighted by Crippen LogP contribution is -1.95. The molecule has 0 saturated heterocycles. The Hall–Kier alpha value is -2.11. The van der Waals surface area contributed by atoms with Gasteiger partial charge in [-0.1, -0.05) is 35.3 Å². The molecular formula is C13H8Cl2N2O3. The fourth-order valence-corrected chi connectivity index (χ4v) is 1.94. The topological polar surface area (TPSA) is 82.2 Å². The van der Waals surface area contributed by atoms with Crippen LogP contribution in [0.3, 0.4) is 0 Å². The summed E-state index contributed by atoms with van der Waals surface area (Å²) in [4.78, 5) is 11.0. The number of carboxylic acids is 1. The van der Waals surface area contributed by atoms with E-state index in [4.69, 9.17) is 28.3 Å². The minimum Gasteiger partial charge on any atom is -0.505 e. The van der Waals surface area contributed by atoms with Crippen LogP contribution >= 0.6 is 23.2 Å². The van der Waals surface area contributed by atoms with Gasteiger partial charge in [-0.05, 0) is 24.3 Å². The summed E-state index contributed by atoms with van der Waals surface area (Å²) in [6.45, 7) is 0. The van der Waals surface area contributed by atoms with Crippen LogP contribution in [0.5, 0.6) is 5.75 Å². The first-order valence-electron chi connectivity index (χ1n) is 5.41. The van der Waals surface area contributed by atoms with Crippen molar-refractivity contribution in [1.29, 1.82) is 0 Å². The molecule has 2 aromatic carbocycles. The number of azo groups is 1. The Morgan fingerprint density at radius 2 is 1.65 bits per heavy atom. The number of nitrogens with zero attached hydrogens (tertiary/aromatic N) is 2. The molecule has 0 aliphatic heterocycles. The lowest BCUT2D eigenvalue weighted by molar-refractivity contribution is 0.0697. The Morgan fingerprint density at radius 1 is 1.05 bits per heavy atom. The number of benzene rings is 2. The minimum atomic E-state index is -1.10. The zero-order valence-electron chi connectivity index (χ0n) is 9.92. The van der Waals surface area contributed by atoms with Crippen molar-refractivity contribution in [3.05, 3.63) is 52.0 Å². The number of hydrogen-bond acceptors (Lipinski definition) is 4. The summed E-state index contributed by atoms with van der Waals surface area (Å²) < 4.78 is 0. The van der Waals surface area contributed by atoms with Gasteiger partial charge >= 0.3 is 5.97 Å². The van der Waals surface area contributed by atoms with Gasteiger partial charge in [0.2, 0.25) is 0 Å². The van der Waals surface area contributed by atoms with E-state index in [0.717, 1.165) is 0 Å². The summed E-state index contributed by atoms with van der Waals surface area (Å²) in [5.41, 5.74) is 0.547. The molecule has 102 valence electrons. The number of hydrogen-bond donors (Lipinski definition) is 2. The largest absolute Gasteiger partial charge is 0.505 e. The molecule has 0 radical (unpaired) electrons. The highest BCUT2D eigenvalue weighted by Crippen LogP contribution is 2.36. The Bertz CT molecular complexity index is 679. The van der Waals surface area contributed by atoms with E-state index in [1.54, 1.807) is 12.1 Å². The van der Waals surface area contributed by atoms with E-state index < -0.39 is 5.97 Å². The molecule has 0 bridgehead atoms. The SMILES string of the molecule is O=C(O)c1ccccc1N=Nc1cc(Cl)c(O)c(Cl)c1. The van der Waals surface area contributed by atoms with Crippen LogP contribution in [0.2, 0.25) is 10.0 Å². The average Bonchev–Trinajstić information content (AvgIpc) is 2.42. The van der Waals surface area contributed by atoms with Gasteiger partial charge < -0.3 is 10.2 Å². The number of halogens is 2. The van der Waals surface area contributed by atoms with E-state index >= 15 is 0 Å². The maximum atomic E-state index is 11.0. The second kappa shape index (κ2) is 5.90. The summed E-state index contributed by atoms with van der Waals surface area (Å²) in [5.74, 6) is -1.33. The number of phenolic OH excluding ortho intramolecular Hbond substituents is 1. The summed E-state index contributed by atoms with van der Waals surface area (Å²) in [5, 5.41) is 26.2. The second-order valence-corrected chi connectivity index (χ2v) is 4.59. The molecule has 0 aliphatic carbocycles. The smallest absolute Gasteiger partial charge is 0.337 e. The van der Waals surface area contributed by atoms with Crippen LogP contribution in [0, 0.1) is 0 Å². The zero-order chi connectivity index (χ0) is 14.7. The number of carboxylic acid groups (broad SMARTS) is 1. The van der Waals surface area contributed by atoms with Gasteiger partial charge in [-0.25, -0.2) is 4.79 Å². The molecule has 0 heterocycles. The molecule has 0 spiro atoms. The summed E-state index contributed by atoms with van der Waals surface area (Å²) in [6, 6.07) is 8.93. The van der Waals surface area contributed by atoms with E-state index in [1.807, 2.05) is 0 Å². The first-order valence-corrected chi connectivity index (χ1v) is 6.16. The standard InChI is InChI=1S/C13H8Cl2N2O3/c14-9-5-7(6-10(15)12(9)18)16-17-11-4-2-1-3-8(11)13(19)20/h1-6,18H,(H,19,20). The molecule has 2 aromatic rings. The molecule has 7 heteroatoms. The van der Waals surface area contributed by atoms with Crippen LogP contribution in [0.1, 0.15) is 10.4 Å². The molecule has 0 amide bonds. The minimum absolute atomic E-state index is 0.0345. The molecule has 2 N–H and O–H groups in total. The maximum Gasteiger partial charge on any atom is 0.337 e. The third kappa shape index (κ3) is 3.07. The van der Waals surface area contributed by atoms with Crippen LogP contribution < -0.4 is 0 Å². The molecule has 0 atom stereocenters. The zero-order valence-corrected chi connectivity index (χ0v) is 11.4. The summed E-state index contributed by atoms with van der Waals surface area (Å²) in [6.07, 6.45) is 0. The molecule has 20 heavy (non-hydrogen) atoms. The number of aromatic hydroxyl groups is 1. The molecule has 0 saturated carbocycles.